The molecule has 2 aliphatic rings. The van der Waals surface area contributed by atoms with Crippen molar-refractivity contribution in [3.63, 3.8) is 0 Å². The van der Waals surface area contributed by atoms with Gasteiger partial charge in [-0.15, -0.1) is 8.78 Å². The molecule has 2 heterocycles. The van der Waals surface area contributed by atoms with Gasteiger partial charge in [-0.05, 0) is 60.6 Å². The first kappa shape index (κ1) is 15.4. The van der Waals surface area contributed by atoms with E-state index in [-0.39, 0.29) is 40.9 Å². The Morgan fingerprint density at radius 1 is 1.32 bits per heavy atom. The van der Waals surface area contributed by atoms with Crippen LogP contribution in [-0.4, -0.2) is 39.5 Å². The number of rotatable bonds is 9. The van der Waals surface area contributed by atoms with Crippen LogP contribution in [0.4, 0.5) is 13.2 Å². The van der Waals surface area contributed by atoms with Crippen molar-refractivity contribution in [3.8, 4) is 11.5 Å². The van der Waals surface area contributed by atoms with Crippen molar-refractivity contribution in [2.45, 2.75) is 76.1 Å². The highest BCUT2D eigenvalue weighted by atomic mass is 19.3. The van der Waals surface area contributed by atoms with Gasteiger partial charge in [-0.1, -0.05) is 26.8 Å². The standard InChI is InChI=1S/C28H30F3NO5/c1-4-26(2,3)24-10-17-9-16(20(29)13-21(17)32(24)14-19(34)15-33)11-25(35)27(7-8-27)18-5-6-22-23(12-18)37-28(30,31)36-22/h5-6,9-10,12-13,19,33-34H,4,7-8,11,14-15H2,1-3H3/t19-/m1/s1/i2D3,9D,10D,13D,14D2,15D2,19D/t19-,26?. The molecule has 0 radical (unpaired) electrons. The smallest absolute Gasteiger partial charge is 0.395 e. The molecule has 6 nitrogen and oxygen atoms in total. The Bertz CT molecular complexity index is 1850. The zero-order valence-electron chi connectivity index (χ0n) is 30.8. The van der Waals surface area contributed by atoms with Gasteiger partial charge in [0.2, 0.25) is 0 Å². The molecule has 3 aromatic rings. The number of ketones is 1. The van der Waals surface area contributed by atoms with Crippen molar-refractivity contribution in [2.24, 2.45) is 0 Å². The lowest BCUT2D eigenvalue weighted by Crippen LogP contribution is -2.26. The van der Waals surface area contributed by atoms with E-state index in [2.05, 4.69) is 9.47 Å². The number of hydrogen-bond donors (Lipinski definition) is 2. The fraction of sp³-hybridized carbons (Fsp3) is 0.464. The number of aliphatic hydroxyl groups is 2. The Morgan fingerprint density at radius 3 is 2.70 bits per heavy atom. The third-order valence-electron chi connectivity index (χ3n) is 6.82. The van der Waals surface area contributed by atoms with Crippen LogP contribution >= 0.6 is 0 Å². The van der Waals surface area contributed by atoms with Crippen LogP contribution in [-0.2, 0) is 28.5 Å². The maximum Gasteiger partial charge on any atom is 0.586 e. The second-order valence-electron chi connectivity index (χ2n) is 9.34. The third-order valence-corrected chi connectivity index (χ3v) is 6.82. The minimum atomic E-state index is -4.15. The molecule has 0 saturated heterocycles. The molecule has 1 aliphatic heterocycles. The first-order valence-electron chi connectivity index (χ1n) is 16.9. The molecule has 198 valence electrons. The number of carbonyl (C=O) groups is 1. The Hall–Kier alpha value is -3.04. The maximum atomic E-state index is 16.2. The summed E-state index contributed by atoms with van der Waals surface area (Å²) in [6.45, 7) is -8.58. The van der Waals surface area contributed by atoms with Crippen molar-refractivity contribution < 1.29 is 52.7 Å². The van der Waals surface area contributed by atoms with Gasteiger partial charge >= 0.3 is 6.29 Å². The van der Waals surface area contributed by atoms with Crippen molar-refractivity contribution in [1.29, 1.82) is 0 Å². The Balaban J connectivity index is 1.73. The van der Waals surface area contributed by atoms with Crippen LogP contribution in [0.1, 0.15) is 71.9 Å². The van der Waals surface area contributed by atoms with Crippen molar-refractivity contribution in [2.75, 3.05) is 6.56 Å². The van der Waals surface area contributed by atoms with E-state index < -0.39 is 101 Å². The minimum Gasteiger partial charge on any atom is -0.395 e. The summed E-state index contributed by atoms with van der Waals surface area (Å²) in [6.07, 6.45) is -8.90. The van der Waals surface area contributed by atoms with Crippen molar-refractivity contribution in [1.82, 2.24) is 4.57 Å². The Labute approximate surface area is 228 Å². The number of fused-ring (bicyclic) bond motifs is 2. The zero-order chi connectivity index (χ0) is 36.4. The maximum absolute atomic E-state index is 16.2. The molecule has 5 rings (SSSR count). The summed E-state index contributed by atoms with van der Waals surface area (Å²) in [5.41, 5.74) is -5.88. The molecule has 0 amide bonds. The van der Waals surface area contributed by atoms with Gasteiger partial charge in [0.25, 0.3) is 0 Å². The third kappa shape index (κ3) is 4.48. The van der Waals surface area contributed by atoms with E-state index in [4.69, 9.17) is 15.1 Å². The topological polar surface area (TPSA) is 80.9 Å². The fourth-order valence-corrected chi connectivity index (χ4v) is 4.40. The molecule has 1 fully saturated rings. The highest BCUT2D eigenvalue weighted by molar-refractivity contribution is 5.95. The van der Waals surface area contributed by atoms with E-state index in [1.807, 2.05) is 0 Å². The van der Waals surface area contributed by atoms with Crippen LogP contribution in [0.3, 0.4) is 0 Å². The van der Waals surface area contributed by atoms with Crippen molar-refractivity contribution in [3.05, 3.63) is 59.0 Å². The largest absolute Gasteiger partial charge is 0.586 e. The molecule has 2 atom stereocenters. The summed E-state index contributed by atoms with van der Waals surface area (Å²) >= 11 is 0. The molecule has 37 heavy (non-hydrogen) atoms. The number of nitrogens with zero attached hydrogens (tertiary/aromatic N) is 1. The first-order chi connectivity index (χ1) is 21.7. The number of halogens is 3. The van der Waals surface area contributed by atoms with E-state index in [0.29, 0.717) is 0 Å². The second kappa shape index (κ2) is 8.77. The molecular weight excluding hydrogens is 487 g/mol. The predicted octanol–water partition coefficient (Wildman–Crippen LogP) is 4.99. The molecule has 0 spiro atoms. The Kier molecular flexibility index (Phi) is 3.65. The normalized spacial score (nSPS) is 25.9. The van der Waals surface area contributed by atoms with Crippen molar-refractivity contribution >= 4 is 16.7 Å². The summed E-state index contributed by atoms with van der Waals surface area (Å²) in [6, 6.07) is 0.597. The van der Waals surface area contributed by atoms with E-state index >= 15 is 4.39 Å². The number of alkyl halides is 2. The molecule has 1 saturated carbocycles. The quantitative estimate of drug-likeness (QED) is 0.409. The molecule has 0 bridgehead atoms. The summed E-state index contributed by atoms with van der Waals surface area (Å²) in [5, 5.41) is 19.9. The lowest BCUT2D eigenvalue weighted by Gasteiger charge is -2.26. The summed E-state index contributed by atoms with van der Waals surface area (Å²) in [7, 11) is 0. The van der Waals surface area contributed by atoms with Gasteiger partial charge in [0.05, 0.1) is 41.0 Å². The molecule has 1 aliphatic carbocycles. The van der Waals surface area contributed by atoms with Crippen LogP contribution in [0.5, 0.6) is 11.5 Å². The van der Waals surface area contributed by atoms with E-state index in [0.717, 1.165) is 6.92 Å². The van der Waals surface area contributed by atoms with Gasteiger partial charge in [0, 0.05) is 27.0 Å². The zero-order valence-corrected chi connectivity index (χ0v) is 19.8. The summed E-state index contributed by atoms with van der Waals surface area (Å²) < 4.78 is 144. The summed E-state index contributed by atoms with van der Waals surface area (Å²) in [5.74, 6) is -2.87. The molecule has 2 aromatic carbocycles. The van der Waals surface area contributed by atoms with E-state index in [1.165, 1.54) is 25.1 Å². The van der Waals surface area contributed by atoms with Gasteiger partial charge in [-0.3, -0.25) is 4.79 Å². The number of ether oxygens (including phenoxy) is 2. The number of benzene rings is 2. The highest BCUT2D eigenvalue weighted by Gasteiger charge is 2.52. The molecular formula is C28H30F3NO5. The van der Waals surface area contributed by atoms with E-state index in [1.54, 1.807) is 0 Å². The first-order valence-corrected chi connectivity index (χ1v) is 11.4. The molecule has 9 heteroatoms. The van der Waals surface area contributed by atoms with Gasteiger partial charge in [-0.2, -0.15) is 0 Å². The number of hydrogen-bond acceptors (Lipinski definition) is 5. The Morgan fingerprint density at radius 2 is 2.05 bits per heavy atom. The predicted molar refractivity (Wildman–Crippen MR) is 131 cm³/mol. The van der Waals surface area contributed by atoms with Crippen LogP contribution in [0.25, 0.3) is 10.9 Å². The van der Waals surface area contributed by atoms with Gasteiger partial charge in [0.1, 0.15) is 11.6 Å². The van der Waals surface area contributed by atoms with E-state index in [9.17, 15) is 23.8 Å². The van der Waals surface area contributed by atoms with Crippen LogP contribution in [0, 0.1) is 5.82 Å². The van der Waals surface area contributed by atoms with Gasteiger partial charge in [-0.25, -0.2) is 4.39 Å². The van der Waals surface area contributed by atoms with Crippen LogP contribution < -0.4 is 9.47 Å². The van der Waals surface area contributed by atoms with Crippen LogP contribution in [0.2, 0.25) is 0 Å². The van der Waals surface area contributed by atoms with Crippen LogP contribution in [0.15, 0.2) is 36.3 Å². The average Bonchev–Trinajstić information content (AvgIpc) is 3.62. The number of Topliss-reactive ketones (excluding diaryl/α,β-unsaturated/α-hetero) is 1. The average molecular weight is 529 g/mol. The SMILES string of the molecule is [2H]c1c(CC(=O)C2(c3ccc4c(c3)OC(F)(F)O4)CC2)c(F)c([2H])c2c1c([2H])c(C(C)(CC)C([2H])([2H])[2H])n2C([2H])([2H])[C@@]([2H])(O)C([2H])([2H])O. The minimum absolute atomic E-state index is 0.113. The lowest BCUT2D eigenvalue weighted by molar-refractivity contribution is -0.286. The number of aromatic nitrogens is 1. The highest BCUT2D eigenvalue weighted by Crippen LogP contribution is 2.52. The molecule has 1 aromatic heterocycles. The molecule has 1 unspecified atom stereocenters. The lowest BCUT2D eigenvalue weighted by atomic mass is 9.86. The number of carbonyl (C=O) groups excluding carboxylic acids is 1. The second-order valence-corrected chi connectivity index (χ2v) is 9.34. The molecule has 2 N–H and O–H groups in total. The van der Waals surface area contributed by atoms with Gasteiger partial charge < -0.3 is 24.3 Å². The fourth-order valence-electron chi connectivity index (χ4n) is 4.40. The summed E-state index contributed by atoms with van der Waals surface area (Å²) in [4.78, 5) is 13.7. The monoisotopic (exact) mass is 528 g/mol. The van der Waals surface area contributed by atoms with Gasteiger partial charge in [0.15, 0.2) is 11.5 Å².